The summed E-state index contributed by atoms with van der Waals surface area (Å²) in [4.78, 5) is 19.8. The first-order valence-corrected chi connectivity index (χ1v) is 6.47. The Morgan fingerprint density at radius 2 is 2.11 bits per heavy atom. The number of hydrogen-bond donors (Lipinski definition) is 2. The number of aromatic nitrogens is 2. The molecule has 0 fully saturated rings. The second kappa shape index (κ2) is 7.63. The topological polar surface area (TPSA) is 66.9 Å². The molecule has 18 heavy (non-hydrogen) atoms. The Morgan fingerprint density at radius 3 is 2.78 bits per heavy atom. The number of rotatable bonds is 7. The maximum Gasteiger partial charge on any atom is 0.270 e. The lowest BCUT2D eigenvalue weighted by atomic mass is 10.1. The SMILES string of the molecule is CCCNC(=O)c1cc(NCCC(C)C)ncn1. The molecular weight excluding hydrogens is 228 g/mol. The third-order valence-electron chi connectivity index (χ3n) is 2.46. The number of nitrogens with one attached hydrogen (secondary N) is 2. The summed E-state index contributed by atoms with van der Waals surface area (Å²) in [6.07, 6.45) is 3.40. The summed E-state index contributed by atoms with van der Waals surface area (Å²) >= 11 is 0. The number of hydrogen-bond acceptors (Lipinski definition) is 4. The Morgan fingerprint density at radius 1 is 1.33 bits per heavy atom. The van der Waals surface area contributed by atoms with Crippen LogP contribution in [0.1, 0.15) is 44.1 Å². The van der Waals surface area contributed by atoms with Gasteiger partial charge < -0.3 is 10.6 Å². The molecule has 100 valence electrons. The van der Waals surface area contributed by atoms with Gasteiger partial charge in [0.2, 0.25) is 0 Å². The number of carbonyl (C=O) groups is 1. The van der Waals surface area contributed by atoms with Crippen molar-refractivity contribution in [3.63, 3.8) is 0 Å². The number of carbonyl (C=O) groups excluding carboxylic acids is 1. The van der Waals surface area contributed by atoms with Crippen LogP contribution in [-0.4, -0.2) is 29.0 Å². The second-order valence-corrected chi connectivity index (χ2v) is 4.65. The van der Waals surface area contributed by atoms with Crippen LogP contribution in [0.15, 0.2) is 12.4 Å². The van der Waals surface area contributed by atoms with Crippen molar-refractivity contribution in [2.24, 2.45) is 5.92 Å². The molecule has 5 heteroatoms. The van der Waals surface area contributed by atoms with Crippen molar-refractivity contribution in [1.82, 2.24) is 15.3 Å². The minimum absolute atomic E-state index is 0.147. The van der Waals surface area contributed by atoms with Crippen molar-refractivity contribution in [2.75, 3.05) is 18.4 Å². The Balaban J connectivity index is 2.53. The van der Waals surface area contributed by atoms with Gasteiger partial charge in [0.1, 0.15) is 17.8 Å². The van der Waals surface area contributed by atoms with Crippen molar-refractivity contribution in [2.45, 2.75) is 33.6 Å². The predicted molar refractivity (Wildman–Crippen MR) is 72.6 cm³/mol. The monoisotopic (exact) mass is 250 g/mol. The summed E-state index contributed by atoms with van der Waals surface area (Å²) < 4.78 is 0. The van der Waals surface area contributed by atoms with E-state index in [-0.39, 0.29) is 5.91 Å². The fourth-order valence-corrected chi connectivity index (χ4v) is 1.40. The van der Waals surface area contributed by atoms with Crippen LogP contribution in [0.3, 0.4) is 0 Å². The first kappa shape index (κ1) is 14.4. The quantitative estimate of drug-likeness (QED) is 0.777. The molecule has 0 spiro atoms. The van der Waals surface area contributed by atoms with Crippen molar-refractivity contribution >= 4 is 11.7 Å². The summed E-state index contributed by atoms with van der Waals surface area (Å²) in [5.74, 6) is 1.20. The van der Waals surface area contributed by atoms with Crippen molar-refractivity contribution in [3.8, 4) is 0 Å². The van der Waals surface area contributed by atoms with E-state index in [1.54, 1.807) is 6.07 Å². The van der Waals surface area contributed by atoms with Gasteiger partial charge in [0.05, 0.1) is 0 Å². The fraction of sp³-hybridized carbons (Fsp3) is 0.615. The van der Waals surface area contributed by atoms with Gasteiger partial charge >= 0.3 is 0 Å². The Kier molecular flexibility index (Phi) is 6.11. The van der Waals surface area contributed by atoms with Gasteiger partial charge in [0.15, 0.2) is 0 Å². The molecule has 1 aromatic rings. The normalized spacial score (nSPS) is 10.4. The van der Waals surface area contributed by atoms with E-state index in [1.807, 2.05) is 6.92 Å². The van der Waals surface area contributed by atoms with Crippen molar-refractivity contribution in [1.29, 1.82) is 0 Å². The van der Waals surface area contributed by atoms with Crippen LogP contribution in [0.4, 0.5) is 5.82 Å². The lowest BCUT2D eigenvalue weighted by molar-refractivity contribution is 0.0948. The van der Waals surface area contributed by atoms with Crippen LogP contribution in [0.25, 0.3) is 0 Å². The van der Waals surface area contributed by atoms with Crippen LogP contribution < -0.4 is 10.6 Å². The van der Waals surface area contributed by atoms with Crippen LogP contribution >= 0.6 is 0 Å². The van der Waals surface area contributed by atoms with E-state index in [1.165, 1.54) is 6.33 Å². The minimum atomic E-state index is -0.147. The maximum absolute atomic E-state index is 11.7. The molecule has 0 aromatic carbocycles. The predicted octanol–water partition coefficient (Wildman–Crippen LogP) is 2.07. The van der Waals surface area contributed by atoms with Crippen LogP contribution in [-0.2, 0) is 0 Å². The van der Waals surface area contributed by atoms with Crippen molar-refractivity contribution < 1.29 is 4.79 Å². The number of nitrogens with zero attached hydrogens (tertiary/aromatic N) is 2. The molecule has 0 saturated carbocycles. The van der Waals surface area contributed by atoms with Gasteiger partial charge in [-0.25, -0.2) is 9.97 Å². The summed E-state index contributed by atoms with van der Waals surface area (Å²) in [6, 6.07) is 1.69. The molecule has 2 N–H and O–H groups in total. The fourth-order valence-electron chi connectivity index (χ4n) is 1.40. The Labute approximate surface area is 108 Å². The molecule has 0 aliphatic carbocycles. The van der Waals surface area contributed by atoms with Crippen LogP contribution in [0, 0.1) is 5.92 Å². The molecule has 1 heterocycles. The van der Waals surface area contributed by atoms with E-state index in [2.05, 4.69) is 34.4 Å². The highest BCUT2D eigenvalue weighted by atomic mass is 16.1. The van der Waals surface area contributed by atoms with Gasteiger partial charge in [-0.05, 0) is 18.8 Å². The highest BCUT2D eigenvalue weighted by Crippen LogP contribution is 2.06. The molecule has 0 atom stereocenters. The number of anilines is 1. The third-order valence-corrected chi connectivity index (χ3v) is 2.46. The molecule has 1 rings (SSSR count). The Hall–Kier alpha value is -1.65. The van der Waals surface area contributed by atoms with E-state index < -0.39 is 0 Å². The van der Waals surface area contributed by atoms with Gasteiger partial charge in [-0.15, -0.1) is 0 Å². The van der Waals surface area contributed by atoms with E-state index in [0.717, 1.165) is 19.4 Å². The molecule has 1 aromatic heterocycles. The maximum atomic E-state index is 11.7. The first-order chi connectivity index (χ1) is 8.63. The zero-order valence-corrected chi connectivity index (χ0v) is 11.4. The molecule has 1 amide bonds. The van der Waals surface area contributed by atoms with Gasteiger partial charge in [0, 0.05) is 19.2 Å². The number of amides is 1. The molecule has 0 radical (unpaired) electrons. The summed E-state index contributed by atoms with van der Waals surface area (Å²) in [5, 5.41) is 5.99. The van der Waals surface area contributed by atoms with E-state index in [0.29, 0.717) is 24.0 Å². The highest BCUT2D eigenvalue weighted by molar-refractivity contribution is 5.92. The van der Waals surface area contributed by atoms with E-state index >= 15 is 0 Å². The molecule has 0 aliphatic rings. The second-order valence-electron chi connectivity index (χ2n) is 4.65. The average molecular weight is 250 g/mol. The first-order valence-electron chi connectivity index (χ1n) is 6.47. The highest BCUT2D eigenvalue weighted by Gasteiger charge is 2.07. The zero-order valence-electron chi connectivity index (χ0n) is 11.4. The lowest BCUT2D eigenvalue weighted by Crippen LogP contribution is -2.25. The van der Waals surface area contributed by atoms with Gasteiger partial charge in [0.25, 0.3) is 5.91 Å². The zero-order chi connectivity index (χ0) is 13.4. The molecule has 0 unspecified atom stereocenters. The molecular formula is C13H22N4O. The molecule has 5 nitrogen and oxygen atoms in total. The Bertz CT molecular complexity index is 379. The summed E-state index contributed by atoms with van der Waals surface area (Å²) in [6.45, 7) is 7.87. The third kappa shape index (κ3) is 5.12. The lowest BCUT2D eigenvalue weighted by Gasteiger charge is -2.08. The summed E-state index contributed by atoms with van der Waals surface area (Å²) in [5.41, 5.74) is 0.408. The average Bonchev–Trinajstić information content (AvgIpc) is 2.36. The van der Waals surface area contributed by atoms with E-state index in [4.69, 9.17) is 0 Å². The van der Waals surface area contributed by atoms with Gasteiger partial charge in [-0.3, -0.25) is 4.79 Å². The van der Waals surface area contributed by atoms with Crippen molar-refractivity contribution in [3.05, 3.63) is 18.1 Å². The smallest absolute Gasteiger partial charge is 0.270 e. The van der Waals surface area contributed by atoms with Crippen LogP contribution in [0.5, 0.6) is 0 Å². The summed E-state index contributed by atoms with van der Waals surface area (Å²) in [7, 11) is 0. The molecule has 0 bridgehead atoms. The van der Waals surface area contributed by atoms with Gasteiger partial charge in [-0.2, -0.15) is 0 Å². The molecule has 0 saturated heterocycles. The standard InChI is InChI=1S/C13H22N4O/c1-4-6-15-13(18)11-8-12(17-9-16-11)14-7-5-10(2)3/h8-10H,4-7H2,1-3H3,(H,15,18)(H,14,16,17). The minimum Gasteiger partial charge on any atom is -0.370 e. The van der Waals surface area contributed by atoms with Gasteiger partial charge in [-0.1, -0.05) is 20.8 Å². The molecule has 0 aliphatic heterocycles. The van der Waals surface area contributed by atoms with E-state index in [9.17, 15) is 4.79 Å². The van der Waals surface area contributed by atoms with Crippen LogP contribution in [0.2, 0.25) is 0 Å². The largest absolute Gasteiger partial charge is 0.370 e.